The Balaban J connectivity index is 2.46. The molecule has 35 heavy (non-hydrogen) atoms. The molecule has 2 aromatic carbocycles. The van der Waals surface area contributed by atoms with Gasteiger partial charge in [0.25, 0.3) is 0 Å². The Morgan fingerprint density at radius 1 is 1.14 bits per heavy atom. The standard InChI is InChI=1S/C25H34BrN3O5S/c1-7-18(3)27-25(31)19(4)28(15-20-9-8-10-21(26)14-20)24(30)16-29(35(6,32)33)22-13-17(2)11-12-23(22)34-5/h8-14,18-19H,7,15-16H2,1-6H3,(H,27,31). The lowest BCUT2D eigenvalue weighted by Crippen LogP contribution is -2.52. The number of halogens is 1. The molecule has 2 rings (SSSR count). The predicted octanol–water partition coefficient (Wildman–Crippen LogP) is 3.86. The molecule has 0 bridgehead atoms. The van der Waals surface area contributed by atoms with Crippen molar-refractivity contribution in [2.24, 2.45) is 0 Å². The normalized spacial score (nSPS) is 13.0. The van der Waals surface area contributed by atoms with E-state index in [1.165, 1.54) is 12.0 Å². The van der Waals surface area contributed by atoms with Gasteiger partial charge in [-0.15, -0.1) is 0 Å². The minimum absolute atomic E-state index is 0.0585. The molecule has 10 heteroatoms. The monoisotopic (exact) mass is 567 g/mol. The molecule has 0 spiro atoms. The van der Waals surface area contributed by atoms with E-state index in [-0.39, 0.29) is 24.2 Å². The molecule has 0 saturated heterocycles. The Bertz CT molecular complexity index is 1160. The Labute approximate surface area is 216 Å². The average molecular weight is 569 g/mol. The topological polar surface area (TPSA) is 96.0 Å². The summed E-state index contributed by atoms with van der Waals surface area (Å²) < 4.78 is 32.8. The van der Waals surface area contributed by atoms with Crippen molar-refractivity contribution in [1.82, 2.24) is 10.2 Å². The van der Waals surface area contributed by atoms with Crippen LogP contribution in [-0.2, 0) is 26.2 Å². The minimum atomic E-state index is -3.85. The van der Waals surface area contributed by atoms with Crippen LogP contribution in [0.2, 0.25) is 0 Å². The zero-order valence-corrected chi connectivity index (χ0v) is 23.4. The number of hydrogen-bond donors (Lipinski definition) is 1. The van der Waals surface area contributed by atoms with Gasteiger partial charge in [0.2, 0.25) is 21.8 Å². The third-order valence-electron chi connectivity index (χ3n) is 5.69. The number of benzene rings is 2. The summed E-state index contributed by atoms with van der Waals surface area (Å²) in [4.78, 5) is 28.0. The van der Waals surface area contributed by atoms with Crippen molar-refractivity contribution >= 4 is 43.5 Å². The molecule has 1 N–H and O–H groups in total. The number of nitrogens with zero attached hydrogens (tertiary/aromatic N) is 2. The maximum Gasteiger partial charge on any atom is 0.244 e. The van der Waals surface area contributed by atoms with E-state index in [1.54, 1.807) is 25.1 Å². The summed E-state index contributed by atoms with van der Waals surface area (Å²) in [7, 11) is -2.40. The second-order valence-corrected chi connectivity index (χ2v) is 11.4. The van der Waals surface area contributed by atoms with Crippen LogP contribution in [0.15, 0.2) is 46.9 Å². The number of sulfonamides is 1. The Kier molecular flexibility index (Phi) is 10.1. The fraction of sp³-hybridized carbons (Fsp3) is 0.440. The highest BCUT2D eigenvalue weighted by molar-refractivity contribution is 9.10. The molecule has 0 aliphatic heterocycles. The Morgan fingerprint density at radius 3 is 2.40 bits per heavy atom. The van der Waals surface area contributed by atoms with Crippen molar-refractivity contribution in [3.63, 3.8) is 0 Å². The zero-order chi connectivity index (χ0) is 26.3. The summed E-state index contributed by atoms with van der Waals surface area (Å²) in [5.41, 5.74) is 1.88. The number of ether oxygens (including phenoxy) is 1. The molecule has 8 nitrogen and oxygen atoms in total. The van der Waals surface area contributed by atoms with E-state index in [0.29, 0.717) is 5.75 Å². The van der Waals surface area contributed by atoms with Crippen LogP contribution in [0.4, 0.5) is 5.69 Å². The lowest BCUT2D eigenvalue weighted by Gasteiger charge is -2.32. The molecule has 0 fully saturated rings. The molecule has 2 unspecified atom stereocenters. The largest absolute Gasteiger partial charge is 0.495 e. The molecule has 0 radical (unpaired) electrons. The zero-order valence-electron chi connectivity index (χ0n) is 21.0. The summed E-state index contributed by atoms with van der Waals surface area (Å²) in [5, 5.41) is 2.91. The molecule has 192 valence electrons. The van der Waals surface area contributed by atoms with Crippen LogP contribution in [-0.4, -0.2) is 57.1 Å². The van der Waals surface area contributed by atoms with E-state index >= 15 is 0 Å². The van der Waals surface area contributed by atoms with Crippen molar-refractivity contribution in [2.45, 2.75) is 52.7 Å². The average Bonchev–Trinajstić information content (AvgIpc) is 2.79. The number of amides is 2. The summed E-state index contributed by atoms with van der Waals surface area (Å²) >= 11 is 3.43. The third-order valence-corrected chi connectivity index (χ3v) is 7.31. The van der Waals surface area contributed by atoms with Crippen molar-refractivity contribution in [3.05, 3.63) is 58.1 Å². The van der Waals surface area contributed by atoms with Crippen LogP contribution < -0.4 is 14.4 Å². The van der Waals surface area contributed by atoms with Gasteiger partial charge in [-0.05, 0) is 62.6 Å². The van der Waals surface area contributed by atoms with E-state index in [0.717, 1.165) is 32.6 Å². The first kappa shape index (κ1) is 28.6. The first-order chi connectivity index (χ1) is 16.4. The number of carbonyl (C=O) groups excluding carboxylic acids is 2. The molecule has 0 heterocycles. The lowest BCUT2D eigenvalue weighted by atomic mass is 10.1. The SMILES string of the molecule is CCC(C)NC(=O)C(C)N(Cc1cccc(Br)c1)C(=O)CN(c1cc(C)ccc1OC)S(C)(=O)=O. The molecule has 2 amide bonds. The van der Waals surface area contributed by atoms with Gasteiger partial charge in [0.15, 0.2) is 0 Å². The smallest absolute Gasteiger partial charge is 0.244 e. The van der Waals surface area contributed by atoms with Crippen LogP contribution in [0.3, 0.4) is 0 Å². The molecular formula is C25H34BrN3O5S. The first-order valence-corrected chi connectivity index (χ1v) is 14.0. The van der Waals surface area contributed by atoms with Crippen molar-refractivity contribution < 1.29 is 22.7 Å². The molecular weight excluding hydrogens is 534 g/mol. The highest BCUT2D eigenvalue weighted by Crippen LogP contribution is 2.31. The van der Waals surface area contributed by atoms with Gasteiger partial charge in [-0.3, -0.25) is 13.9 Å². The lowest BCUT2D eigenvalue weighted by molar-refractivity contribution is -0.139. The third kappa shape index (κ3) is 7.96. The fourth-order valence-corrected chi connectivity index (χ4v) is 4.76. The Hall–Kier alpha value is -2.59. The molecule has 2 atom stereocenters. The van der Waals surface area contributed by atoms with Gasteiger partial charge in [0, 0.05) is 17.1 Å². The molecule has 0 aromatic heterocycles. The van der Waals surface area contributed by atoms with Gasteiger partial charge in [0.1, 0.15) is 18.3 Å². The van der Waals surface area contributed by atoms with Gasteiger partial charge in [-0.2, -0.15) is 0 Å². The number of hydrogen-bond acceptors (Lipinski definition) is 5. The number of aryl methyl sites for hydroxylation is 1. The molecule has 0 aliphatic carbocycles. The van der Waals surface area contributed by atoms with E-state index < -0.39 is 28.5 Å². The second-order valence-electron chi connectivity index (χ2n) is 8.59. The fourth-order valence-electron chi connectivity index (χ4n) is 3.47. The van der Waals surface area contributed by atoms with Crippen LogP contribution >= 0.6 is 15.9 Å². The van der Waals surface area contributed by atoms with Crippen LogP contribution in [0.1, 0.15) is 38.3 Å². The van der Waals surface area contributed by atoms with Gasteiger partial charge in [-0.1, -0.05) is 41.1 Å². The van der Waals surface area contributed by atoms with Gasteiger partial charge >= 0.3 is 0 Å². The van der Waals surface area contributed by atoms with E-state index in [1.807, 2.05) is 45.0 Å². The second kappa shape index (κ2) is 12.4. The molecule has 2 aromatic rings. The predicted molar refractivity (Wildman–Crippen MR) is 142 cm³/mol. The summed E-state index contributed by atoms with van der Waals surface area (Å²) in [6.07, 6.45) is 1.78. The summed E-state index contributed by atoms with van der Waals surface area (Å²) in [6, 6.07) is 11.6. The van der Waals surface area contributed by atoms with Crippen molar-refractivity contribution in [1.29, 1.82) is 0 Å². The van der Waals surface area contributed by atoms with Crippen LogP contribution in [0, 0.1) is 6.92 Å². The van der Waals surface area contributed by atoms with Crippen molar-refractivity contribution in [3.8, 4) is 5.75 Å². The number of carbonyl (C=O) groups is 2. The summed E-state index contributed by atoms with van der Waals surface area (Å²) in [5.74, 6) is -0.484. The van der Waals surface area contributed by atoms with Crippen molar-refractivity contribution in [2.75, 3.05) is 24.2 Å². The van der Waals surface area contributed by atoms with Gasteiger partial charge in [0.05, 0.1) is 19.1 Å². The highest BCUT2D eigenvalue weighted by Gasteiger charge is 2.31. The summed E-state index contributed by atoms with van der Waals surface area (Å²) in [6.45, 7) is 6.97. The Morgan fingerprint density at radius 2 is 1.83 bits per heavy atom. The highest BCUT2D eigenvalue weighted by atomic mass is 79.9. The number of anilines is 1. The quantitative estimate of drug-likeness (QED) is 0.444. The molecule has 0 aliphatic rings. The maximum atomic E-state index is 13.6. The minimum Gasteiger partial charge on any atom is -0.495 e. The van der Waals surface area contributed by atoms with Crippen LogP contribution in [0.5, 0.6) is 5.75 Å². The van der Waals surface area contributed by atoms with Gasteiger partial charge < -0.3 is 15.0 Å². The number of nitrogens with one attached hydrogen (secondary N) is 1. The molecule has 0 saturated carbocycles. The van der Waals surface area contributed by atoms with Gasteiger partial charge in [-0.25, -0.2) is 8.42 Å². The van der Waals surface area contributed by atoms with Crippen LogP contribution in [0.25, 0.3) is 0 Å². The first-order valence-electron chi connectivity index (χ1n) is 11.3. The van der Waals surface area contributed by atoms with E-state index in [2.05, 4.69) is 21.2 Å². The van der Waals surface area contributed by atoms with E-state index in [4.69, 9.17) is 4.74 Å². The number of rotatable bonds is 11. The maximum absolute atomic E-state index is 13.6. The number of methoxy groups -OCH3 is 1. The van der Waals surface area contributed by atoms with E-state index in [9.17, 15) is 18.0 Å².